The molecule has 0 radical (unpaired) electrons. The molecule has 2 aliphatic heterocycles. The Kier molecular flexibility index (Phi) is 5.94. The Morgan fingerprint density at radius 2 is 1.61 bits per heavy atom. The van der Waals surface area contributed by atoms with E-state index in [4.69, 9.17) is 11.6 Å². The van der Waals surface area contributed by atoms with Crippen LogP contribution < -0.4 is 5.32 Å². The summed E-state index contributed by atoms with van der Waals surface area (Å²) < 4.78 is 13.5. The minimum absolute atomic E-state index is 0.0709. The maximum absolute atomic E-state index is 13.9. The van der Waals surface area contributed by atoms with E-state index >= 15 is 0 Å². The maximum atomic E-state index is 13.9. The largest absolute Gasteiger partial charge is 0.355 e. The average Bonchev–Trinajstić information content (AvgIpc) is 3.32. The highest BCUT2D eigenvalue weighted by atomic mass is 35.5. The third-order valence-corrected chi connectivity index (χ3v) is 8.59. The van der Waals surface area contributed by atoms with Crippen LogP contribution in [-0.2, 0) is 15.0 Å². The molecule has 0 unspecified atom stereocenters. The SMILES string of the molecule is O=C1CC2(CCN(C(=O)C3(c4ccc(Cl)cc4)CCCC3)CC2)[C@@H](c2ccc(F)cc2)CN1. The summed E-state index contributed by atoms with van der Waals surface area (Å²) in [4.78, 5) is 28.3. The Hall–Kier alpha value is -2.40. The van der Waals surface area contributed by atoms with Crippen LogP contribution in [0.5, 0.6) is 0 Å². The molecule has 2 amide bonds. The summed E-state index contributed by atoms with van der Waals surface area (Å²) >= 11 is 6.11. The first-order valence-electron chi connectivity index (χ1n) is 12.0. The molecule has 3 fully saturated rings. The molecule has 174 valence electrons. The van der Waals surface area contributed by atoms with Gasteiger partial charge in [0.05, 0.1) is 5.41 Å². The predicted molar refractivity (Wildman–Crippen MR) is 127 cm³/mol. The molecule has 1 spiro atoms. The molecule has 4 nitrogen and oxygen atoms in total. The molecule has 1 N–H and O–H groups in total. The van der Waals surface area contributed by atoms with Crippen LogP contribution in [0.4, 0.5) is 4.39 Å². The van der Waals surface area contributed by atoms with Gasteiger partial charge in [0.25, 0.3) is 0 Å². The minimum atomic E-state index is -0.463. The molecule has 2 aromatic carbocycles. The molecule has 6 heteroatoms. The summed E-state index contributed by atoms with van der Waals surface area (Å²) in [5, 5.41) is 3.69. The van der Waals surface area contributed by atoms with Crippen LogP contribution in [0, 0.1) is 11.2 Å². The lowest BCUT2D eigenvalue weighted by molar-refractivity contribution is -0.141. The van der Waals surface area contributed by atoms with E-state index in [1.165, 1.54) is 12.1 Å². The van der Waals surface area contributed by atoms with Crippen molar-refractivity contribution in [2.75, 3.05) is 19.6 Å². The van der Waals surface area contributed by atoms with Crippen molar-refractivity contribution in [1.82, 2.24) is 10.2 Å². The number of likely N-dealkylation sites (tertiary alicyclic amines) is 1. The van der Waals surface area contributed by atoms with Gasteiger partial charge in [0.15, 0.2) is 0 Å². The van der Waals surface area contributed by atoms with Crippen molar-refractivity contribution in [3.05, 3.63) is 70.5 Å². The Morgan fingerprint density at radius 1 is 0.970 bits per heavy atom. The second kappa shape index (κ2) is 8.75. The summed E-state index contributed by atoms with van der Waals surface area (Å²) in [6, 6.07) is 14.4. The predicted octanol–water partition coefficient (Wildman–Crippen LogP) is 5.20. The topological polar surface area (TPSA) is 49.4 Å². The third kappa shape index (κ3) is 4.05. The van der Waals surface area contributed by atoms with Gasteiger partial charge in [-0.05, 0) is 66.5 Å². The van der Waals surface area contributed by atoms with Crippen LogP contribution >= 0.6 is 11.6 Å². The molecule has 2 aromatic rings. The van der Waals surface area contributed by atoms with Crippen LogP contribution in [0.2, 0.25) is 5.02 Å². The summed E-state index contributed by atoms with van der Waals surface area (Å²) in [6.07, 6.45) is 5.87. The van der Waals surface area contributed by atoms with E-state index in [1.807, 2.05) is 41.3 Å². The molecule has 1 atom stereocenters. The van der Waals surface area contributed by atoms with E-state index in [1.54, 1.807) is 0 Å². The van der Waals surface area contributed by atoms with Gasteiger partial charge in [-0.1, -0.05) is 48.7 Å². The molecule has 0 aromatic heterocycles. The number of benzene rings is 2. The highest BCUT2D eigenvalue weighted by Gasteiger charge is 2.50. The van der Waals surface area contributed by atoms with Gasteiger partial charge in [-0.25, -0.2) is 4.39 Å². The van der Waals surface area contributed by atoms with Crippen molar-refractivity contribution in [3.8, 4) is 0 Å². The number of rotatable bonds is 3. The van der Waals surface area contributed by atoms with Crippen LogP contribution in [-0.4, -0.2) is 36.3 Å². The summed E-state index contributed by atoms with van der Waals surface area (Å²) in [5.74, 6) is 0.166. The quantitative estimate of drug-likeness (QED) is 0.672. The molecule has 0 bridgehead atoms. The summed E-state index contributed by atoms with van der Waals surface area (Å²) in [6.45, 7) is 1.87. The maximum Gasteiger partial charge on any atom is 0.233 e. The average molecular weight is 469 g/mol. The van der Waals surface area contributed by atoms with Crippen LogP contribution in [0.1, 0.15) is 62.0 Å². The Balaban J connectivity index is 1.37. The molecule has 3 aliphatic rings. The minimum Gasteiger partial charge on any atom is -0.355 e. The standard InChI is InChI=1S/C27H30ClFN2O2/c28-21-7-5-20(6-8-21)27(11-1-2-12-27)25(33)31-15-13-26(14-16-31)17-24(32)30-18-23(26)19-3-9-22(29)10-4-19/h3-10,23H,1-2,11-18H2,(H,30,32)/t23-/m1/s1. The fourth-order valence-electron chi connectivity index (χ4n) is 6.46. The van der Waals surface area contributed by atoms with Gasteiger partial charge < -0.3 is 10.2 Å². The molecule has 33 heavy (non-hydrogen) atoms. The van der Waals surface area contributed by atoms with Crippen molar-refractivity contribution in [2.45, 2.75) is 56.3 Å². The van der Waals surface area contributed by atoms with E-state index in [2.05, 4.69) is 5.32 Å². The number of nitrogens with one attached hydrogen (secondary N) is 1. The van der Waals surface area contributed by atoms with Crippen molar-refractivity contribution in [1.29, 1.82) is 0 Å². The zero-order valence-electron chi connectivity index (χ0n) is 18.8. The van der Waals surface area contributed by atoms with Crippen molar-refractivity contribution in [3.63, 3.8) is 0 Å². The Bertz CT molecular complexity index is 1020. The normalized spacial score (nSPS) is 24.0. The van der Waals surface area contributed by atoms with E-state index < -0.39 is 5.41 Å². The second-order valence-corrected chi connectivity index (χ2v) is 10.5. The Labute approximate surface area is 199 Å². The van der Waals surface area contributed by atoms with Gasteiger partial charge in [-0.2, -0.15) is 0 Å². The lowest BCUT2D eigenvalue weighted by Crippen LogP contribution is -2.55. The first-order chi connectivity index (χ1) is 15.9. The second-order valence-electron chi connectivity index (χ2n) is 10.0. The van der Waals surface area contributed by atoms with Gasteiger partial charge in [-0.3, -0.25) is 9.59 Å². The van der Waals surface area contributed by atoms with Crippen molar-refractivity contribution < 1.29 is 14.0 Å². The van der Waals surface area contributed by atoms with Gasteiger partial charge in [0.1, 0.15) is 5.82 Å². The van der Waals surface area contributed by atoms with Crippen LogP contribution in [0.25, 0.3) is 0 Å². The van der Waals surface area contributed by atoms with E-state index in [0.29, 0.717) is 31.1 Å². The van der Waals surface area contributed by atoms with Gasteiger partial charge in [0, 0.05) is 37.0 Å². The number of carbonyl (C=O) groups excluding carboxylic acids is 2. The van der Waals surface area contributed by atoms with Crippen molar-refractivity contribution >= 4 is 23.4 Å². The van der Waals surface area contributed by atoms with Crippen LogP contribution in [0.15, 0.2) is 48.5 Å². The fraction of sp³-hybridized carbons (Fsp3) is 0.481. The molecular formula is C27H30ClFN2O2. The van der Waals surface area contributed by atoms with Gasteiger partial charge in [-0.15, -0.1) is 0 Å². The van der Waals surface area contributed by atoms with E-state index in [-0.39, 0.29) is 29.0 Å². The highest BCUT2D eigenvalue weighted by Crippen LogP contribution is 2.50. The van der Waals surface area contributed by atoms with Gasteiger partial charge >= 0.3 is 0 Å². The number of amides is 2. The Morgan fingerprint density at radius 3 is 2.24 bits per heavy atom. The number of carbonyl (C=O) groups is 2. The fourth-order valence-corrected chi connectivity index (χ4v) is 6.59. The molecule has 2 heterocycles. The summed E-state index contributed by atoms with van der Waals surface area (Å²) in [7, 11) is 0. The lowest BCUT2D eigenvalue weighted by atomic mass is 9.62. The number of halogens is 2. The molecule has 2 saturated heterocycles. The molecule has 1 saturated carbocycles. The monoisotopic (exact) mass is 468 g/mol. The third-order valence-electron chi connectivity index (χ3n) is 8.34. The highest BCUT2D eigenvalue weighted by molar-refractivity contribution is 6.30. The van der Waals surface area contributed by atoms with Gasteiger partial charge in [0.2, 0.25) is 11.8 Å². The summed E-state index contributed by atoms with van der Waals surface area (Å²) in [5.41, 5.74) is 1.47. The smallest absolute Gasteiger partial charge is 0.233 e. The number of piperidine rings is 2. The zero-order chi connectivity index (χ0) is 23.1. The number of hydrogen-bond donors (Lipinski definition) is 1. The number of nitrogens with zero attached hydrogens (tertiary/aromatic N) is 1. The lowest BCUT2D eigenvalue weighted by Gasteiger charge is -2.50. The van der Waals surface area contributed by atoms with E-state index in [0.717, 1.165) is 49.7 Å². The molecule has 5 rings (SSSR count). The van der Waals surface area contributed by atoms with E-state index in [9.17, 15) is 14.0 Å². The van der Waals surface area contributed by atoms with Crippen LogP contribution in [0.3, 0.4) is 0 Å². The number of hydrogen-bond acceptors (Lipinski definition) is 2. The first kappa shape index (κ1) is 22.4. The molecule has 1 aliphatic carbocycles. The van der Waals surface area contributed by atoms with Crippen molar-refractivity contribution in [2.24, 2.45) is 5.41 Å². The molecular weight excluding hydrogens is 439 g/mol. The first-order valence-corrected chi connectivity index (χ1v) is 12.4. The zero-order valence-corrected chi connectivity index (χ0v) is 19.5.